The Morgan fingerprint density at radius 2 is 2.45 bits per heavy atom. The Morgan fingerprint density at radius 1 is 1.64 bits per heavy atom. The zero-order valence-electron chi connectivity index (χ0n) is 5.99. The van der Waals surface area contributed by atoms with Crippen LogP contribution in [-0.4, -0.2) is 18.3 Å². The Morgan fingerprint density at radius 3 is 3.00 bits per heavy atom. The number of halogens is 1. The fraction of sp³-hybridized carbons (Fsp3) is 0.143. The third-order valence-corrected chi connectivity index (χ3v) is 1.28. The van der Waals surface area contributed by atoms with Crippen molar-refractivity contribution in [1.82, 2.24) is 4.98 Å². The van der Waals surface area contributed by atoms with Crippen molar-refractivity contribution in [3.05, 3.63) is 29.0 Å². The summed E-state index contributed by atoms with van der Waals surface area (Å²) in [5.74, 6) is 0. The minimum atomic E-state index is 0.472. The SMILES string of the molecule is CON=Cc1ccc(Cl)nc1. The number of oxime groups is 1. The lowest BCUT2D eigenvalue weighted by Gasteiger charge is -1.90. The van der Waals surface area contributed by atoms with Crippen LogP contribution in [0.4, 0.5) is 0 Å². The summed E-state index contributed by atoms with van der Waals surface area (Å²) < 4.78 is 0. The maximum atomic E-state index is 5.56. The summed E-state index contributed by atoms with van der Waals surface area (Å²) in [5, 5.41) is 4.04. The van der Waals surface area contributed by atoms with Gasteiger partial charge in [0, 0.05) is 11.8 Å². The van der Waals surface area contributed by atoms with E-state index in [1.807, 2.05) is 0 Å². The van der Waals surface area contributed by atoms with Crippen molar-refractivity contribution in [3.8, 4) is 0 Å². The number of rotatable bonds is 2. The largest absolute Gasteiger partial charge is 0.399 e. The van der Waals surface area contributed by atoms with E-state index in [9.17, 15) is 0 Å². The van der Waals surface area contributed by atoms with Crippen LogP contribution in [0.1, 0.15) is 5.56 Å². The first-order valence-corrected chi connectivity index (χ1v) is 3.39. The topological polar surface area (TPSA) is 34.5 Å². The fourth-order valence-electron chi connectivity index (χ4n) is 0.577. The molecule has 0 saturated carbocycles. The van der Waals surface area contributed by atoms with Crippen molar-refractivity contribution in [3.63, 3.8) is 0 Å². The van der Waals surface area contributed by atoms with Gasteiger partial charge in [-0.2, -0.15) is 0 Å². The predicted octanol–water partition coefficient (Wildman–Crippen LogP) is 1.72. The number of aromatic nitrogens is 1. The van der Waals surface area contributed by atoms with Gasteiger partial charge in [-0.15, -0.1) is 0 Å². The quantitative estimate of drug-likeness (QED) is 0.385. The minimum absolute atomic E-state index is 0.472. The second-order valence-corrected chi connectivity index (χ2v) is 2.22. The van der Waals surface area contributed by atoms with Crippen LogP contribution in [-0.2, 0) is 4.84 Å². The summed E-state index contributed by atoms with van der Waals surface area (Å²) in [6.07, 6.45) is 3.17. The summed E-state index contributed by atoms with van der Waals surface area (Å²) in [6.45, 7) is 0. The lowest BCUT2D eigenvalue weighted by Crippen LogP contribution is -1.83. The Kier molecular flexibility index (Phi) is 2.86. The molecule has 0 aliphatic rings. The van der Waals surface area contributed by atoms with Crippen molar-refractivity contribution in [2.24, 2.45) is 5.16 Å². The smallest absolute Gasteiger partial charge is 0.129 e. The Hall–Kier alpha value is -1.09. The molecule has 0 bridgehead atoms. The van der Waals surface area contributed by atoms with Crippen LogP contribution < -0.4 is 0 Å². The van der Waals surface area contributed by atoms with Crippen LogP contribution in [0.15, 0.2) is 23.5 Å². The molecule has 1 rings (SSSR count). The van der Waals surface area contributed by atoms with Gasteiger partial charge < -0.3 is 4.84 Å². The van der Waals surface area contributed by atoms with Crippen LogP contribution in [0.3, 0.4) is 0 Å². The minimum Gasteiger partial charge on any atom is -0.399 e. The average Bonchev–Trinajstić information content (AvgIpc) is 2.04. The van der Waals surface area contributed by atoms with E-state index < -0.39 is 0 Å². The van der Waals surface area contributed by atoms with Gasteiger partial charge in [-0.25, -0.2) is 4.98 Å². The molecule has 0 atom stereocenters. The third kappa shape index (κ3) is 2.55. The first kappa shape index (κ1) is 8.01. The van der Waals surface area contributed by atoms with Crippen LogP contribution in [0, 0.1) is 0 Å². The van der Waals surface area contributed by atoms with Crippen molar-refractivity contribution in [1.29, 1.82) is 0 Å². The molecule has 4 heteroatoms. The van der Waals surface area contributed by atoms with E-state index in [1.54, 1.807) is 24.5 Å². The second-order valence-electron chi connectivity index (χ2n) is 1.83. The molecule has 0 unspecified atom stereocenters. The maximum Gasteiger partial charge on any atom is 0.129 e. The van der Waals surface area contributed by atoms with Gasteiger partial charge in [-0.3, -0.25) is 0 Å². The highest BCUT2D eigenvalue weighted by molar-refractivity contribution is 6.29. The van der Waals surface area contributed by atoms with Crippen LogP contribution in [0.5, 0.6) is 0 Å². The van der Waals surface area contributed by atoms with Crippen LogP contribution >= 0.6 is 11.6 Å². The van der Waals surface area contributed by atoms with Crippen LogP contribution in [0.25, 0.3) is 0 Å². The standard InChI is InChI=1S/C7H7ClN2O/c1-11-10-5-6-2-3-7(8)9-4-6/h2-5H,1H3. The van der Waals surface area contributed by atoms with Gasteiger partial charge in [0.2, 0.25) is 0 Å². The summed E-state index contributed by atoms with van der Waals surface area (Å²) >= 11 is 5.56. The van der Waals surface area contributed by atoms with Crippen molar-refractivity contribution in [2.75, 3.05) is 7.11 Å². The normalized spacial score (nSPS) is 10.4. The van der Waals surface area contributed by atoms with Gasteiger partial charge >= 0.3 is 0 Å². The molecule has 11 heavy (non-hydrogen) atoms. The van der Waals surface area contributed by atoms with Gasteiger partial charge in [0.25, 0.3) is 0 Å². The lowest BCUT2D eigenvalue weighted by atomic mass is 10.3. The molecule has 1 aromatic heterocycles. The van der Waals surface area contributed by atoms with Crippen molar-refractivity contribution in [2.45, 2.75) is 0 Å². The van der Waals surface area contributed by atoms with E-state index in [-0.39, 0.29) is 0 Å². The van der Waals surface area contributed by atoms with Crippen LogP contribution in [0.2, 0.25) is 5.15 Å². The molecule has 0 aromatic carbocycles. The lowest BCUT2D eigenvalue weighted by molar-refractivity contribution is 0.215. The molecule has 0 N–H and O–H groups in total. The molecule has 3 nitrogen and oxygen atoms in total. The van der Waals surface area contributed by atoms with E-state index in [4.69, 9.17) is 11.6 Å². The van der Waals surface area contributed by atoms with E-state index in [0.29, 0.717) is 5.15 Å². The summed E-state index contributed by atoms with van der Waals surface area (Å²) in [5.41, 5.74) is 0.858. The molecule has 1 heterocycles. The number of hydrogen-bond donors (Lipinski definition) is 0. The highest BCUT2D eigenvalue weighted by Gasteiger charge is 1.88. The maximum absolute atomic E-state index is 5.56. The third-order valence-electron chi connectivity index (χ3n) is 1.06. The molecule has 0 radical (unpaired) electrons. The Bertz CT molecular complexity index is 245. The first-order chi connectivity index (χ1) is 5.33. The van der Waals surface area contributed by atoms with Crippen molar-refractivity contribution >= 4 is 17.8 Å². The highest BCUT2D eigenvalue weighted by Crippen LogP contribution is 2.02. The molecule has 58 valence electrons. The van der Waals surface area contributed by atoms with E-state index in [2.05, 4.69) is 15.0 Å². The monoisotopic (exact) mass is 170 g/mol. The summed E-state index contributed by atoms with van der Waals surface area (Å²) in [4.78, 5) is 8.34. The van der Waals surface area contributed by atoms with Gasteiger partial charge in [0.15, 0.2) is 0 Å². The molecule has 0 spiro atoms. The zero-order chi connectivity index (χ0) is 8.10. The first-order valence-electron chi connectivity index (χ1n) is 3.01. The number of pyridine rings is 1. The molecule has 0 amide bonds. The van der Waals surface area contributed by atoms with Gasteiger partial charge in [-0.05, 0) is 12.1 Å². The molecule has 0 aliphatic heterocycles. The Balaban J connectivity index is 2.73. The summed E-state index contributed by atoms with van der Waals surface area (Å²) in [6, 6.07) is 3.50. The van der Waals surface area contributed by atoms with Crippen molar-refractivity contribution < 1.29 is 4.84 Å². The van der Waals surface area contributed by atoms with Gasteiger partial charge in [-0.1, -0.05) is 16.8 Å². The molecule has 0 saturated heterocycles. The number of hydrogen-bond acceptors (Lipinski definition) is 3. The average molecular weight is 171 g/mol. The van der Waals surface area contributed by atoms with E-state index >= 15 is 0 Å². The molecule has 0 aliphatic carbocycles. The van der Waals surface area contributed by atoms with E-state index in [1.165, 1.54) is 7.11 Å². The highest BCUT2D eigenvalue weighted by atomic mass is 35.5. The molecular formula is C7H7ClN2O. The molecule has 0 fully saturated rings. The number of nitrogens with zero attached hydrogens (tertiary/aromatic N) is 2. The van der Waals surface area contributed by atoms with Gasteiger partial charge in [0.05, 0.1) is 6.21 Å². The van der Waals surface area contributed by atoms with E-state index in [0.717, 1.165) is 5.56 Å². The summed E-state index contributed by atoms with van der Waals surface area (Å²) in [7, 11) is 1.49. The predicted molar refractivity (Wildman–Crippen MR) is 43.9 cm³/mol. The van der Waals surface area contributed by atoms with Gasteiger partial charge in [0.1, 0.15) is 12.3 Å². The second kappa shape index (κ2) is 3.93. The molecular weight excluding hydrogens is 164 g/mol. The Labute approximate surface area is 69.6 Å². The fourth-order valence-corrected chi connectivity index (χ4v) is 0.689. The molecule has 1 aromatic rings. The zero-order valence-corrected chi connectivity index (χ0v) is 6.75.